The third kappa shape index (κ3) is 5.98. The number of halogens is 1. The summed E-state index contributed by atoms with van der Waals surface area (Å²) in [6.07, 6.45) is 0. The lowest BCUT2D eigenvalue weighted by atomic mass is 9.84. The summed E-state index contributed by atoms with van der Waals surface area (Å²) in [4.78, 5) is 6.84. The summed E-state index contributed by atoms with van der Waals surface area (Å²) in [5, 5.41) is 0. The van der Waals surface area contributed by atoms with E-state index in [4.69, 9.17) is 0 Å². The van der Waals surface area contributed by atoms with E-state index in [0.29, 0.717) is 5.56 Å². The highest BCUT2D eigenvalue weighted by Gasteiger charge is 2.22. The summed E-state index contributed by atoms with van der Waals surface area (Å²) in [6.45, 7) is 18.5. The second kappa shape index (κ2) is 12.6. The van der Waals surface area contributed by atoms with Gasteiger partial charge in [-0.15, -0.1) is 0 Å². The predicted octanol–water partition coefficient (Wildman–Crippen LogP) is 7.54. The molecule has 0 atom stereocenters. The molecule has 3 nitrogen and oxygen atoms in total. The van der Waals surface area contributed by atoms with E-state index in [1.165, 1.54) is 11.4 Å². The normalized spacial score (nSPS) is 11.1. The topological polar surface area (TPSA) is 9.72 Å². The van der Waals surface area contributed by atoms with Crippen LogP contribution in [0, 0.1) is 5.82 Å². The van der Waals surface area contributed by atoms with Gasteiger partial charge in [0.15, 0.2) is 0 Å². The number of nitrogens with zero attached hydrogens (tertiary/aromatic N) is 3. The van der Waals surface area contributed by atoms with Crippen LogP contribution in [-0.2, 0) is 0 Å². The molecule has 4 heteroatoms. The largest absolute Gasteiger partial charge is 0.372 e. The quantitative estimate of drug-likeness (QED) is 0.250. The van der Waals surface area contributed by atoms with Crippen molar-refractivity contribution in [2.45, 2.75) is 47.5 Å². The Hall–Kier alpha value is -3.01. The maximum absolute atomic E-state index is 15.7. The molecule has 0 heterocycles. The minimum Gasteiger partial charge on any atom is -0.372 e. The molecule has 0 saturated carbocycles. The van der Waals surface area contributed by atoms with E-state index in [-0.39, 0.29) is 11.7 Å². The van der Waals surface area contributed by atoms with Gasteiger partial charge in [-0.25, -0.2) is 4.39 Å². The lowest BCUT2D eigenvalue weighted by molar-refractivity contribution is 0.606. The fourth-order valence-electron chi connectivity index (χ4n) is 5.02. The summed E-state index contributed by atoms with van der Waals surface area (Å²) in [5.74, 6) is -0.322. The molecule has 0 amide bonds. The Morgan fingerprint density at radius 1 is 0.514 bits per heavy atom. The van der Waals surface area contributed by atoms with E-state index in [9.17, 15) is 0 Å². The van der Waals surface area contributed by atoms with Crippen molar-refractivity contribution < 1.29 is 4.39 Å². The molecule has 0 aliphatic heterocycles. The maximum atomic E-state index is 15.7. The Labute approximate surface area is 212 Å². The molecular weight excluding hydrogens is 433 g/mol. The Bertz CT molecular complexity index is 978. The molecule has 3 rings (SSSR count). The minimum absolute atomic E-state index is 0.153. The smallest absolute Gasteiger partial charge is 0.129 e. The van der Waals surface area contributed by atoms with Crippen molar-refractivity contribution in [2.24, 2.45) is 0 Å². The van der Waals surface area contributed by atoms with Crippen LogP contribution in [0.5, 0.6) is 0 Å². The fraction of sp³-hybridized carbons (Fsp3) is 0.419. The molecule has 0 saturated heterocycles. The van der Waals surface area contributed by atoms with Gasteiger partial charge in [0.2, 0.25) is 0 Å². The van der Waals surface area contributed by atoms with E-state index < -0.39 is 0 Å². The zero-order chi connectivity index (χ0) is 25.4. The Kier molecular flexibility index (Phi) is 9.59. The molecule has 0 N–H and O–H groups in total. The van der Waals surface area contributed by atoms with Crippen LogP contribution in [0.4, 0.5) is 21.5 Å². The molecule has 0 fully saturated rings. The molecule has 0 unspecified atom stereocenters. The van der Waals surface area contributed by atoms with Gasteiger partial charge in [0, 0.05) is 62.2 Å². The molecule has 3 aromatic carbocycles. The third-order valence-corrected chi connectivity index (χ3v) is 7.13. The summed E-state index contributed by atoms with van der Waals surface area (Å²) in [7, 11) is 0. The zero-order valence-electron chi connectivity index (χ0n) is 22.4. The highest BCUT2D eigenvalue weighted by atomic mass is 19.1. The second-order valence-electron chi connectivity index (χ2n) is 8.84. The number of hydrogen-bond donors (Lipinski definition) is 0. The van der Waals surface area contributed by atoms with Crippen LogP contribution in [-0.4, -0.2) is 39.3 Å². The first-order valence-electron chi connectivity index (χ1n) is 13.2. The monoisotopic (exact) mass is 475 g/mol. The molecule has 35 heavy (non-hydrogen) atoms. The fourth-order valence-corrected chi connectivity index (χ4v) is 5.02. The van der Waals surface area contributed by atoms with Crippen LogP contribution in [0.15, 0.2) is 66.7 Å². The van der Waals surface area contributed by atoms with Gasteiger partial charge in [0.05, 0.1) is 0 Å². The van der Waals surface area contributed by atoms with Crippen molar-refractivity contribution in [2.75, 3.05) is 54.0 Å². The highest BCUT2D eigenvalue weighted by Crippen LogP contribution is 2.36. The van der Waals surface area contributed by atoms with E-state index in [1.54, 1.807) is 6.07 Å². The highest BCUT2D eigenvalue weighted by molar-refractivity contribution is 5.56. The number of rotatable bonds is 12. The van der Waals surface area contributed by atoms with Gasteiger partial charge in [-0.1, -0.05) is 30.3 Å². The Morgan fingerprint density at radius 2 is 0.857 bits per heavy atom. The maximum Gasteiger partial charge on any atom is 0.129 e. The lowest BCUT2D eigenvalue weighted by Gasteiger charge is -2.26. The SMILES string of the molecule is CCN(CC)c1ccc(C(c2ccc(N(CC)CC)cc2)c2ccc(N(CC)CC)cc2F)cc1. The molecule has 0 radical (unpaired) electrons. The van der Waals surface area contributed by atoms with Gasteiger partial charge in [-0.2, -0.15) is 0 Å². The van der Waals surface area contributed by atoms with Gasteiger partial charge in [0.1, 0.15) is 5.82 Å². The lowest BCUT2D eigenvalue weighted by Crippen LogP contribution is -2.22. The standard InChI is InChI=1S/C31H42FN3/c1-7-33(8-2)26-17-13-24(14-18-26)31(25-15-19-27(20-16-25)34(9-3)10-4)29-22-21-28(23-30(29)32)35(11-5)12-6/h13-23,31H,7-12H2,1-6H3. The zero-order valence-corrected chi connectivity index (χ0v) is 22.4. The summed E-state index contributed by atoms with van der Waals surface area (Å²) < 4.78 is 15.7. The molecule has 0 aromatic heterocycles. The van der Waals surface area contributed by atoms with E-state index in [0.717, 1.165) is 56.1 Å². The van der Waals surface area contributed by atoms with E-state index in [1.807, 2.05) is 6.07 Å². The van der Waals surface area contributed by atoms with Crippen LogP contribution in [0.2, 0.25) is 0 Å². The van der Waals surface area contributed by atoms with E-state index in [2.05, 4.69) is 111 Å². The molecule has 188 valence electrons. The minimum atomic E-state index is -0.169. The van der Waals surface area contributed by atoms with Crippen molar-refractivity contribution in [1.82, 2.24) is 0 Å². The number of hydrogen-bond acceptors (Lipinski definition) is 3. The van der Waals surface area contributed by atoms with Crippen molar-refractivity contribution in [1.29, 1.82) is 0 Å². The first-order chi connectivity index (χ1) is 17.0. The van der Waals surface area contributed by atoms with E-state index >= 15 is 4.39 Å². The van der Waals surface area contributed by atoms with Crippen LogP contribution in [0.3, 0.4) is 0 Å². The average Bonchev–Trinajstić information content (AvgIpc) is 2.89. The van der Waals surface area contributed by atoms with Crippen molar-refractivity contribution in [3.63, 3.8) is 0 Å². The van der Waals surface area contributed by atoms with Gasteiger partial charge in [0.25, 0.3) is 0 Å². The van der Waals surface area contributed by atoms with Gasteiger partial charge in [-0.3, -0.25) is 0 Å². The molecule has 0 spiro atoms. The van der Waals surface area contributed by atoms with Gasteiger partial charge < -0.3 is 14.7 Å². The average molecular weight is 476 g/mol. The summed E-state index contributed by atoms with van der Waals surface area (Å²) >= 11 is 0. The Morgan fingerprint density at radius 3 is 1.20 bits per heavy atom. The predicted molar refractivity (Wildman–Crippen MR) is 151 cm³/mol. The molecule has 0 aliphatic carbocycles. The molecular formula is C31H42FN3. The Balaban J connectivity index is 2.08. The van der Waals surface area contributed by atoms with Gasteiger partial charge >= 0.3 is 0 Å². The first-order valence-corrected chi connectivity index (χ1v) is 13.2. The van der Waals surface area contributed by atoms with Crippen LogP contribution in [0.1, 0.15) is 64.2 Å². The second-order valence-corrected chi connectivity index (χ2v) is 8.84. The third-order valence-electron chi connectivity index (χ3n) is 7.13. The summed E-state index contributed by atoms with van der Waals surface area (Å²) in [6, 6.07) is 23.1. The summed E-state index contributed by atoms with van der Waals surface area (Å²) in [5.41, 5.74) is 6.26. The van der Waals surface area contributed by atoms with Crippen LogP contribution < -0.4 is 14.7 Å². The van der Waals surface area contributed by atoms with Crippen molar-refractivity contribution >= 4 is 17.1 Å². The molecule has 3 aromatic rings. The van der Waals surface area contributed by atoms with Crippen LogP contribution >= 0.6 is 0 Å². The number of anilines is 3. The van der Waals surface area contributed by atoms with Crippen molar-refractivity contribution in [3.8, 4) is 0 Å². The molecule has 0 bridgehead atoms. The van der Waals surface area contributed by atoms with Gasteiger partial charge in [-0.05, 0) is 94.6 Å². The first kappa shape index (κ1) is 26.6. The number of benzene rings is 3. The molecule has 0 aliphatic rings. The van der Waals surface area contributed by atoms with Crippen molar-refractivity contribution in [3.05, 3.63) is 89.2 Å². The van der Waals surface area contributed by atoms with Crippen LogP contribution in [0.25, 0.3) is 0 Å².